The minimum Gasteiger partial charge on any atom is -0.454 e. The molecule has 0 aromatic heterocycles. The molecule has 1 heterocycles. The number of fused-ring (bicyclic) bond motifs is 1. The molecule has 0 radical (unpaired) electrons. The molecule has 1 aliphatic carbocycles. The molecule has 0 bridgehead atoms. The van der Waals surface area contributed by atoms with Crippen molar-refractivity contribution < 1.29 is 14.3 Å². The van der Waals surface area contributed by atoms with Gasteiger partial charge in [-0.15, -0.1) is 0 Å². The number of allylic oxidation sites excluding steroid dienone is 2. The normalized spacial score (nSPS) is 20.3. The number of amides is 1. The Morgan fingerprint density at radius 2 is 2.20 bits per heavy atom. The molecule has 1 aliphatic heterocycles. The molecule has 1 aromatic rings. The number of carbonyl (C=O) groups excluding carboxylic acids is 1. The summed E-state index contributed by atoms with van der Waals surface area (Å²) in [4.78, 5) is 12.0. The van der Waals surface area contributed by atoms with Gasteiger partial charge in [-0.3, -0.25) is 4.79 Å². The number of nitrogens with one attached hydrogen (secondary N) is 1. The number of hydrogen-bond donors (Lipinski definition) is 1. The van der Waals surface area contributed by atoms with E-state index in [-0.39, 0.29) is 12.7 Å². The molecule has 5 nitrogen and oxygen atoms in total. The Bertz CT molecular complexity index is 566. The zero-order valence-corrected chi connectivity index (χ0v) is 11.0. The first-order chi connectivity index (χ1) is 9.83. The number of benzene rings is 1. The van der Waals surface area contributed by atoms with Gasteiger partial charge in [0.15, 0.2) is 11.5 Å². The fourth-order valence-corrected chi connectivity index (χ4v) is 2.26. The smallest absolute Gasteiger partial charge is 0.271 e. The van der Waals surface area contributed by atoms with Crippen LogP contribution < -0.4 is 14.9 Å². The van der Waals surface area contributed by atoms with Crippen molar-refractivity contribution in [1.29, 1.82) is 0 Å². The summed E-state index contributed by atoms with van der Waals surface area (Å²) in [5.41, 5.74) is 3.06. The third-order valence-corrected chi connectivity index (χ3v) is 3.40. The van der Waals surface area contributed by atoms with Crippen molar-refractivity contribution in [3.8, 4) is 11.5 Å². The van der Waals surface area contributed by atoms with Crippen molar-refractivity contribution in [2.24, 2.45) is 11.0 Å². The van der Waals surface area contributed by atoms with Gasteiger partial charge in [-0.2, -0.15) is 5.10 Å². The summed E-state index contributed by atoms with van der Waals surface area (Å²) >= 11 is 0. The Morgan fingerprint density at radius 1 is 1.30 bits per heavy atom. The topological polar surface area (TPSA) is 59.9 Å². The minimum atomic E-state index is -0.245. The van der Waals surface area contributed by atoms with E-state index in [9.17, 15) is 4.79 Å². The number of carbonyl (C=O) groups is 1. The van der Waals surface area contributed by atoms with E-state index >= 15 is 0 Å². The maximum atomic E-state index is 12.0. The van der Waals surface area contributed by atoms with Gasteiger partial charge in [0.25, 0.3) is 5.91 Å². The summed E-state index contributed by atoms with van der Waals surface area (Å²) in [7, 11) is 0. The van der Waals surface area contributed by atoms with E-state index in [2.05, 4.69) is 22.7 Å². The highest BCUT2D eigenvalue weighted by Crippen LogP contribution is 2.32. The largest absolute Gasteiger partial charge is 0.454 e. The molecule has 0 unspecified atom stereocenters. The van der Waals surface area contributed by atoms with Gasteiger partial charge in [0.05, 0.1) is 0 Å². The second kappa shape index (κ2) is 5.77. The van der Waals surface area contributed by atoms with Crippen molar-refractivity contribution in [2.75, 3.05) is 6.79 Å². The lowest BCUT2D eigenvalue weighted by molar-refractivity contribution is 0.0954. The maximum absolute atomic E-state index is 12.0. The Hall–Kier alpha value is -2.30. The summed E-state index contributed by atoms with van der Waals surface area (Å²) < 4.78 is 10.4. The molecule has 104 valence electrons. The van der Waals surface area contributed by atoms with Crippen LogP contribution in [-0.2, 0) is 0 Å². The Morgan fingerprint density at radius 3 is 3.05 bits per heavy atom. The lowest BCUT2D eigenvalue weighted by Crippen LogP contribution is -2.18. The lowest BCUT2D eigenvalue weighted by atomic mass is 9.96. The van der Waals surface area contributed by atoms with E-state index in [0.29, 0.717) is 23.0 Å². The molecule has 20 heavy (non-hydrogen) atoms. The molecule has 0 spiro atoms. The van der Waals surface area contributed by atoms with Gasteiger partial charge in [0.1, 0.15) is 0 Å². The van der Waals surface area contributed by atoms with Gasteiger partial charge in [-0.1, -0.05) is 12.2 Å². The molecular weight excluding hydrogens is 256 g/mol. The first-order valence-electron chi connectivity index (χ1n) is 6.71. The fourth-order valence-electron chi connectivity index (χ4n) is 2.26. The van der Waals surface area contributed by atoms with Gasteiger partial charge in [0, 0.05) is 11.8 Å². The van der Waals surface area contributed by atoms with Crippen LogP contribution in [0.3, 0.4) is 0 Å². The molecule has 1 atom stereocenters. The van der Waals surface area contributed by atoms with E-state index in [4.69, 9.17) is 9.47 Å². The molecule has 5 heteroatoms. The second-order valence-electron chi connectivity index (χ2n) is 4.83. The summed E-state index contributed by atoms with van der Waals surface area (Å²) in [5.74, 6) is 1.43. The van der Waals surface area contributed by atoms with Gasteiger partial charge in [-0.25, -0.2) is 5.43 Å². The van der Waals surface area contributed by atoms with Gasteiger partial charge in [0.2, 0.25) is 6.79 Å². The van der Waals surface area contributed by atoms with E-state index in [1.54, 1.807) is 18.2 Å². The van der Waals surface area contributed by atoms with Crippen LogP contribution in [-0.4, -0.2) is 18.9 Å². The third-order valence-electron chi connectivity index (χ3n) is 3.40. The van der Waals surface area contributed by atoms with Crippen molar-refractivity contribution in [2.45, 2.75) is 19.3 Å². The number of rotatable bonds is 3. The van der Waals surface area contributed by atoms with Crippen molar-refractivity contribution in [3.05, 3.63) is 35.9 Å². The average molecular weight is 272 g/mol. The van der Waals surface area contributed by atoms with Crippen LogP contribution in [0.4, 0.5) is 0 Å². The number of hydrazone groups is 1. The summed E-state index contributed by atoms with van der Waals surface area (Å²) in [6.07, 6.45) is 9.29. The van der Waals surface area contributed by atoms with Gasteiger partial charge >= 0.3 is 0 Å². The summed E-state index contributed by atoms with van der Waals surface area (Å²) in [5, 5.41) is 4.03. The standard InChI is InChI=1S/C15H16N2O3/c18-15(17-16-9-11-4-2-1-3-5-11)12-6-7-13-14(8-12)20-10-19-13/h1-2,6-9,11H,3-5,10H2,(H,17,18)/b16-9-/t11-/m0/s1. The monoisotopic (exact) mass is 272 g/mol. The summed E-state index contributed by atoms with van der Waals surface area (Å²) in [6, 6.07) is 5.09. The first kappa shape index (κ1) is 12.7. The van der Waals surface area contributed by atoms with E-state index in [0.717, 1.165) is 19.3 Å². The molecule has 2 aliphatic rings. The second-order valence-corrected chi connectivity index (χ2v) is 4.83. The zero-order valence-electron chi connectivity index (χ0n) is 11.0. The van der Waals surface area contributed by atoms with Crippen molar-refractivity contribution >= 4 is 12.1 Å². The van der Waals surface area contributed by atoms with Crippen LogP contribution in [0.2, 0.25) is 0 Å². The highest BCUT2D eigenvalue weighted by atomic mass is 16.7. The molecule has 0 fully saturated rings. The lowest BCUT2D eigenvalue weighted by Gasteiger charge is -2.11. The van der Waals surface area contributed by atoms with Crippen LogP contribution >= 0.6 is 0 Å². The Labute approximate surface area is 117 Å². The van der Waals surface area contributed by atoms with E-state index in [1.165, 1.54) is 0 Å². The SMILES string of the molecule is O=C(N/N=C\[C@H]1CC=CCC1)c1ccc2c(c1)OCO2. The predicted octanol–water partition coefficient (Wildman–Crippen LogP) is 2.49. The minimum absolute atomic E-state index is 0.202. The van der Waals surface area contributed by atoms with Crippen molar-refractivity contribution in [1.82, 2.24) is 5.43 Å². The Balaban J connectivity index is 1.59. The molecule has 1 N–H and O–H groups in total. The fraction of sp³-hybridized carbons (Fsp3) is 0.333. The average Bonchev–Trinajstić information content (AvgIpc) is 2.95. The predicted molar refractivity (Wildman–Crippen MR) is 75.0 cm³/mol. The number of hydrogen-bond acceptors (Lipinski definition) is 4. The highest BCUT2D eigenvalue weighted by Gasteiger charge is 2.16. The van der Waals surface area contributed by atoms with E-state index in [1.807, 2.05) is 6.21 Å². The van der Waals surface area contributed by atoms with Crippen LogP contribution in [0.25, 0.3) is 0 Å². The van der Waals surface area contributed by atoms with Crippen LogP contribution in [0, 0.1) is 5.92 Å². The Kier molecular flexibility index (Phi) is 3.67. The number of nitrogens with zero attached hydrogens (tertiary/aromatic N) is 1. The van der Waals surface area contributed by atoms with Crippen molar-refractivity contribution in [3.63, 3.8) is 0 Å². The van der Waals surface area contributed by atoms with Gasteiger partial charge in [-0.05, 0) is 43.4 Å². The molecule has 3 rings (SSSR count). The van der Waals surface area contributed by atoms with Crippen LogP contribution in [0.1, 0.15) is 29.6 Å². The van der Waals surface area contributed by atoms with Crippen LogP contribution in [0.5, 0.6) is 11.5 Å². The third kappa shape index (κ3) is 2.82. The van der Waals surface area contributed by atoms with E-state index < -0.39 is 0 Å². The molecule has 1 amide bonds. The summed E-state index contributed by atoms with van der Waals surface area (Å²) in [6.45, 7) is 0.202. The molecule has 0 saturated carbocycles. The maximum Gasteiger partial charge on any atom is 0.271 e. The zero-order chi connectivity index (χ0) is 13.8. The molecular formula is C15H16N2O3. The first-order valence-corrected chi connectivity index (χ1v) is 6.71. The molecule has 1 aromatic carbocycles. The number of ether oxygens (including phenoxy) is 2. The quantitative estimate of drug-likeness (QED) is 0.522. The van der Waals surface area contributed by atoms with Crippen LogP contribution in [0.15, 0.2) is 35.5 Å². The molecule has 0 saturated heterocycles. The highest BCUT2D eigenvalue weighted by molar-refractivity contribution is 5.95. The van der Waals surface area contributed by atoms with Gasteiger partial charge < -0.3 is 9.47 Å².